The van der Waals surface area contributed by atoms with Crippen LogP contribution in [0.25, 0.3) is 16.7 Å². The maximum Gasteiger partial charge on any atom is 0.166 e. The summed E-state index contributed by atoms with van der Waals surface area (Å²) in [4.78, 5) is 8.84. The third-order valence-electron chi connectivity index (χ3n) is 3.58. The highest BCUT2D eigenvalue weighted by molar-refractivity contribution is 5.79. The van der Waals surface area contributed by atoms with Crippen molar-refractivity contribution in [1.29, 1.82) is 0 Å². The molecule has 0 radical (unpaired) electrons. The van der Waals surface area contributed by atoms with Crippen molar-refractivity contribution in [2.75, 3.05) is 0 Å². The number of rotatable bonds is 1. The van der Waals surface area contributed by atoms with E-state index in [2.05, 4.69) is 48.0 Å². The summed E-state index contributed by atoms with van der Waals surface area (Å²) in [5.74, 6) is 0.765. The van der Waals surface area contributed by atoms with Gasteiger partial charge in [-0.1, -0.05) is 17.7 Å². The highest BCUT2D eigenvalue weighted by atomic mass is 15.3. The molecule has 0 aliphatic heterocycles. The van der Waals surface area contributed by atoms with E-state index in [1.165, 1.54) is 16.7 Å². The first-order chi connectivity index (χ1) is 9.47. The maximum absolute atomic E-state index is 4.67. The van der Waals surface area contributed by atoms with Crippen LogP contribution in [-0.2, 0) is 0 Å². The molecule has 0 N–H and O–H groups in total. The minimum atomic E-state index is 0.765. The van der Waals surface area contributed by atoms with Crippen LogP contribution in [0.1, 0.15) is 28.2 Å². The molecule has 2 heterocycles. The molecule has 0 spiro atoms. The molecule has 0 aliphatic rings. The molecule has 0 saturated heterocycles. The Bertz CT molecular complexity index is 792. The lowest BCUT2D eigenvalue weighted by Crippen LogP contribution is -2.04. The van der Waals surface area contributed by atoms with Gasteiger partial charge in [0, 0.05) is 6.20 Å². The molecule has 0 aliphatic carbocycles. The van der Waals surface area contributed by atoms with Crippen LogP contribution in [0.3, 0.4) is 0 Å². The topological polar surface area (TPSA) is 43.6 Å². The van der Waals surface area contributed by atoms with Crippen LogP contribution >= 0.6 is 0 Å². The average Bonchev–Trinajstić information content (AvgIpc) is 2.65. The van der Waals surface area contributed by atoms with Crippen molar-refractivity contribution in [3.8, 4) is 5.69 Å². The Labute approximate surface area is 118 Å². The number of hydrogen-bond acceptors (Lipinski definition) is 3. The summed E-state index contributed by atoms with van der Waals surface area (Å²) in [6, 6.07) is 4.36. The number of hydrogen-bond donors (Lipinski definition) is 0. The molecule has 3 aromatic rings. The van der Waals surface area contributed by atoms with Gasteiger partial charge in [-0.2, -0.15) is 5.10 Å². The minimum Gasteiger partial charge on any atom is -0.241 e. The highest BCUT2D eigenvalue weighted by Crippen LogP contribution is 2.25. The van der Waals surface area contributed by atoms with Crippen molar-refractivity contribution in [2.45, 2.75) is 34.6 Å². The van der Waals surface area contributed by atoms with Crippen LogP contribution in [0.15, 0.2) is 18.3 Å². The monoisotopic (exact) mass is 266 g/mol. The van der Waals surface area contributed by atoms with Crippen molar-refractivity contribution in [1.82, 2.24) is 19.7 Å². The molecule has 0 amide bonds. The Hall–Kier alpha value is -2.23. The van der Waals surface area contributed by atoms with Gasteiger partial charge in [-0.25, -0.2) is 14.6 Å². The van der Waals surface area contributed by atoms with Crippen LogP contribution in [0, 0.1) is 34.6 Å². The van der Waals surface area contributed by atoms with E-state index in [4.69, 9.17) is 0 Å². The third-order valence-corrected chi connectivity index (χ3v) is 3.58. The zero-order chi connectivity index (χ0) is 14.4. The molecule has 0 bridgehead atoms. The van der Waals surface area contributed by atoms with Crippen LogP contribution in [-0.4, -0.2) is 19.7 Å². The van der Waals surface area contributed by atoms with Crippen LogP contribution in [0.2, 0.25) is 0 Å². The number of nitrogens with zero attached hydrogens (tertiary/aromatic N) is 4. The fraction of sp³-hybridized carbons (Fsp3) is 0.312. The second kappa shape index (κ2) is 4.40. The molecular formula is C16H18N4. The number of aromatic nitrogens is 4. The summed E-state index contributed by atoms with van der Waals surface area (Å²) in [6.45, 7) is 10.2. The first kappa shape index (κ1) is 12.8. The molecule has 3 rings (SSSR count). The zero-order valence-electron chi connectivity index (χ0n) is 12.5. The molecule has 102 valence electrons. The van der Waals surface area contributed by atoms with Crippen LogP contribution < -0.4 is 0 Å². The first-order valence-corrected chi connectivity index (χ1v) is 6.74. The smallest absolute Gasteiger partial charge is 0.166 e. The van der Waals surface area contributed by atoms with Gasteiger partial charge in [0.2, 0.25) is 0 Å². The normalized spacial score (nSPS) is 11.2. The van der Waals surface area contributed by atoms with E-state index >= 15 is 0 Å². The minimum absolute atomic E-state index is 0.765. The predicted molar refractivity (Wildman–Crippen MR) is 80.3 cm³/mol. The molecule has 4 heteroatoms. The van der Waals surface area contributed by atoms with Crippen molar-refractivity contribution in [2.24, 2.45) is 0 Å². The SMILES string of the molecule is Cc1cc(C)c(-n2nc(C)c3cnc(C)nc32)c(C)c1. The van der Waals surface area contributed by atoms with Gasteiger partial charge in [0.05, 0.1) is 16.8 Å². The molecule has 0 unspecified atom stereocenters. The molecule has 0 fully saturated rings. The molecular weight excluding hydrogens is 248 g/mol. The van der Waals surface area contributed by atoms with Crippen molar-refractivity contribution >= 4 is 11.0 Å². The van der Waals surface area contributed by atoms with Gasteiger partial charge < -0.3 is 0 Å². The van der Waals surface area contributed by atoms with Gasteiger partial charge in [-0.05, 0) is 45.7 Å². The summed E-state index contributed by atoms with van der Waals surface area (Å²) in [6.07, 6.45) is 1.86. The number of aryl methyl sites for hydroxylation is 5. The van der Waals surface area contributed by atoms with E-state index in [0.29, 0.717) is 0 Å². The summed E-state index contributed by atoms with van der Waals surface area (Å²) < 4.78 is 1.95. The quantitative estimate of drug-likeness (QED) is 0.678. The van der Waals surface area contributed by atoms with E-state index in [0.717, 1.165) is 28.2 Å². The Morgan fingerprint density at radius 3 is 2.25 bits per heavy atom. The van der Waals surface area contributed by atoms with Gasteiger partial charge in [0.1, 0.15) is 5.82 Å². The second-order valence-electron chi connectivity index (χ2n) is 5.40. The predicted octanol–water partition coefficient (Wildman–Crippen LogP) is 3.36. The van der Waals surface area contributed by atoms with Crippen molar-refractivity contribution < 1.29 is 0 Å². The number of fused-ring (bicyclic) bond motifs is 1. The van der Waals surface area contributed by atoms with E-state index in [9.17, 15) is 0 Å². The van der Waals surface area contributed by atoms with Gasteiger partial charge in [-0.3, -0.25) is 0 Å². The Morgan fingerprint density at radius 1 is 0.950 bits per heavy atom. The fourth-order valence-electron chi connectivity index (χ4n) is 2.79. The third kappa shape index (κ3) is 1.88. The zero-order valence-corrected chi connectivity index (χ0v) is 12.5. The highest BCUT2D eigenvalue weighted by Gasteiger charge is 2.14. The molecule has 4 nitrogen and oxygen atoms in total. The Morgan fingerprint density at radius 2 is 1.60 bits per heavy atom. The van der Waals surface area contributed by atoms with Crippen LogP contribution in [0.4, 0.5) is 0 Å². The maximum atomic E-state index is 4.67. The van der Waals surface area contributed by atoms with Crippen molar-refractivity contribution in [3.63, 3.8) is 0 Å². The largest absolute Gasteiger partial charge is 0.241 e. The van der Waals surface area contributed by atoms with Crippen molar-refractivity contribution in [3.05, 3.63) is 46.5 Å². The summed E-state index contributed by atoms with van der Waals surface area (Å²) >= 11 is 0. The van der Waals surface area contributed by atoms with E-state index in [1.54, 1.807) is 0 Å². The molecule has 0 atom stereocenters. The molecule has 0 saturated carbocycles. The van der Waals surface area contributed by atoms with Gasteiger partial charge in [0.25, 0.3) is 0 Å². The summed E-state index contributed by atoms with van der Waals surface area (Å²) in [5, 5.41) is 5.68. The fourth-order valence-corrected chi connectivity index (χ4v) is 2.79. The lowest BCUT2D eigenvalue weighted by molar-refractivity contribution is 0.858. The van der Waals surface area contributed by atoms with Gasteiger partial charge >= 0.3 is 0 Å². The van der Waals surface area contributed by atoms with Gasteiger partial charge in [0.15, 0.2) is 5.65 Å². The molecule has 20 heavy (non-hydrogen) atoms. The lowest BCUT2D eigenvalue weighted by Gasteiger charge is -2.12. The summed E-state index contributed by atoms with van der Waals surface area (Å²) in [7, 11) is 0. The number of benzene rings is 1. The summed E-state index contributed by atoms with van der Waals surface area (Å²) in [5.41, 5.74) is 6.64. The Kier molecular flexibility index (Phi) is 2.82. The van der Waals surface area contributed by atoms with Crippen LogP contribution in [0.5, 0.6) is 0 Å². The van der Waals surface area contributed by atoms with Gasteiger partial charge in [-0.15, -0.1) is 0 Å². The standard InChI is InChI=1S/C16H18N4/c1-9-6-10(2)15(11(3)7-9)20-16-14(12(4)19-20)8-17-13(5)18-16/h6-8H,1-5H3. The molecule has 1 aromatic carbocycles. The molecule has 2 aromatic heterocycles. The van der Waals surface area contributed by atoms with E-state index in [-0.39, 0.29) is 0 Å². The second-order valence-corrected chi connectivity index (χ2v) is 5.40. The van der Waals surface area contributed by atoms with E-state index in [1.807, 2.05) is 24.7 Å². The van der Waals surface area contributed by atoms with E-state index < -0.39 is 0 Å². The first-order valence-electron chi connectivity index (χ1n) is 6.74. The Balaban J connectivity index is 2.38. The average molecular weight is 266 g/mol. The lowest BCUT2D eigenvalue weighted by atomic mass is 10.1.